The van der Waals surface area contributed by atoms with E-state index in [1.165, 1.54) is 19.3 Å². The number of hydrogen-bond donors (Lipinski definition) is 0. The predicted molar refractivity (Wildman–Crippen MR) is 83.2 cm³/mol. The molecule has 4 nitrogen and oxygen atoms in total. The molecular formula is C16H23ClN2O2. The Labute approximate surface area is 131 Å². The first-order valence-electron chi connectivity index (χ1n) is 7.42. The van der Waals surface area contributed by atoms with Crippen LogP contribution in [0.15, 0.2) is 18.3 Å². The molecule has 0 aliphatic heterocycles. The van der Waals surface area contributed by atoms with E-state index >= 15 is 0 Å². The van der Waals surface area contributed by atoms with E-state index in [0.717, 1.165) is 12.1 Å². The third kappa shape index (κ3) is 5.20. The molecule has 5 heteroatoms. The van der Waals surface area contributed by atoms with Crippen molar-refractivity contribution >= 4 is 17.7 Å². The van der Waals surface area contributed by atoms with E-state index < -0.39 is 5.60 Å². The molecule has 1 aliphatic carbocycles. The van der Waals surface area contributed by atoms with Crippen LogP contribution in [0.5, 0.6) is 0 Å². The second-order valence-corrected chi connectivity index (χ2v) is 7.03. The standard InChI is InChI=1S/C16H23ClN2O2/c1-16(2,3)21-15(20)19(10-12-5-4-6-12)11-13-7-8-14(17)18-9-13/h7-9,12H,4-6,10-11H2,1-3H3. The van der Waals surface area contributed by atoms with E-state index in [9.17, 15) is 4.79 Å². The Morgan fingerprint density at radius 3 is 2.62 bits per heavy atom. The zero-order chi connectivity index (χ0) is 15.5. The normalized spacial score (nSPS) is 15.4. The number of carbonyl (C=O) groups is 1. The molecule has 0 aromatic carbocycles. The van der Waals surface area contributed by atoms with Crippen molar-refractivity contribution in [3.63, 3.8) is 0 Å². The van der Waals surface area contributed by atoms with Gasteiger partial charge in [0.1, 0.15) is 10.8 Å². The molecule has 1 aromatic rings. The zero-order valence-electron chi connectivity index (χ0n) is 12.9. The van der Waals surface area contributed by atoms with Crippen molar-refractivity contribution in [1.29, 1.82) is 0 Å². The summed E-state index contributed by atoms with van der Waals surface area (Å²) in [5.41, 5.74) is 0.484. The molecule has 21 heavy (non-hydrogen) atoms. The molecule has 1 aliphatic rings. The van der Waals surface area contributed by atoms with Crippen LogP contribution in [0.4, 0.5) is 4.79 Å². The Hall–Kier alpha value is -1.29. The van der Waals surface area contributed by atoms with E-state index in [2.05, 4.69) is 4.98 Å². The van der Waals surface area contributed by atoms with E-state index in [1.807, 2.05) is 26.8 Å². The quantitative estimate of drug-likeness (QED) is 0.780. The van der Waals surface area contributed by atoms with Crippen LogP contribution < -0.4 is 0 Å². The van der Waals surface area contributed by atoms with Crippen LogP contribution in [0.25, 0.3) is 0 Å². The summed E-state index contributed by atoms with van der Waals surface area (Å²) < 4.78 is 5.51. The lowest BCUT2D eigenvalue weighted by atomic mass is 9.85. The van der Waals surface area contributed by atoms with Crippen molar-refractivity contribution in [3.05, 3.63) is 29.0 Å². The number of ether oxygens (including phenoxy) is 1. The molecule has 0 N–H and O–H groups in total. The Kier molecular flexibility index (Phi) is 5.09. The van der Waals surface area contributed by atoms with Crippen LogP contribution in [0.3, 0.4) is 0 Å². The van der Waals surface area contributed by atoms with Crippen molar-refractivity contribution in [1.82, 2.24) is 9.88 Å². The van der Waals surface area contributed by atoms with Gasteiger partial charge in [-0.2, -0.15) is 0 Å². The molecule has 1 amide bonds. The van der Waals surface area contributed by atoms with Crippen molar-refractivity contribution in [2.75, 3.05) is 6.54 Å². The smallest absolute Gasteiger partial charge is 0.410 e. The van der Waals surface area contributed by atoms with Crippen LogP contribution in [0.1, 0.15) is 45.6 Å². The summed E-state index contributed by atoms with van der Waals surface area (Å²) in [5, 5.41) is 0.460. The Morgan fingerprint density at radius 1 is 1.43 bits per heavy atom. The lowest BCUT2D eigenvalue weighted by molar-refractivity contribution is 0.0173. The fraction of sp³-hybridized carbons (Fsp3) is 0.625. The van der Waals surface area contributed by atoms with E-state index in [0.29, 0.717) is 17.6 Å². The third-order valence-electron chi connectivity index (χ3n) is 3.52. The first-order valence-corrected chi connectivity index (χ1v) is 7.79. The molecule has 0 radical (unpaired) electrons. The Bertz CT molecular complexity index is 478. The van der Waals surface area contributed by atoms with Crippen LogP contribution >= 0.6 is 11.6 Å². The van der Waals surface area contributed by atoms with Gasteiger partial charge in [-0.15, -0.1) is 0 Å². The molecule has 0 unspecified atom stereocenters. The minimum Gasteiger partial charge on any atom is -0.444 e. The number of nitrogens with zero attached hydrogens (tertiary/aromatic N) is 2. The molecule has 1 fully saturated rings. The molecule has 2 rings (SSSR count). The molecular weight excluding hydrogens is 288 g/mol. The van der Waals surface area contributed by atoms with E-state index in [1.54, 1.807) is 17.2 Å². The summed E-state index contributed by atoms with van der Waals surface area (Å²) in [6, 6.07) is 3.64. The van der Waals surface area contributed by atoms with Crippen molar-refractivity contribution in [3.8, 4) is 0 Å². The number of carbonyl (C=O) groups excluding carboxylic acids is 1. The van der Waals surface area contributed by atoms with Gasteiger partial charge in [-0.25, -0.2) is 9.78 Å². The SMILES string of the molecule is CC(C)(C)OC(=O)N(Cc1ccc(Cl)nc1)CC1CCC1. The highest BCUT2D eigenvalue weighted by molar-refractivity contribution is 6.29. The average molecular weight is 311 g/mol. The maximum absolute atomic E-state index is 12.4. The molecule has 0 saturated heterocycles. The predicted octanol–water partition coefficient (Wildman–Crippen LogP) is 4.27. The summed E-state index contributed by atoms with van der Waals surface area (Å²) in [7, 11) is 0. The van der Waals surface area contributed by atoms with Crippen molar-refractivity contribution < 1.29 is 9.53 Å². The maximum atomic E-state index is 12.4. The zero-order valence-corrected chi connectivity index (χ0v) is 13.7. The fourth-order valence-electron chi connectivity index (χ4n) is 2.24. The van der Waals surface area contributed by atoms with E-state index in [-0.39, 0.29) is 6.09 Å². The number of hydrogen-bond acceptors (Lipinski definition) is 3. The third-order valence-corrected chi connectivity index (χ3v) is 3.74. The highest BCUT2D eigenvalue weighted by Gasteiger charge is 2.27. The molecule has 1 saturated carbocycles. The Balaban J connectivity index is 2.03. The Morgan fingerprint density at radius 2 is 2.14 bits per heavy atom. The molecule has 116 valence electrons. The minimum absolute atomic E-state index is 0.260. The summed E-state index contributed by atoms with van der Waals surface area (Å²) in [6.07, 6.45) is 5.09. The van der Waals surface area contributed by atoms with Gasteiger partial charge in [0, 0.05) is 12.7 Å². The van der Waals surface area contributed by atoms with Gasteiger partial charge in [0.05, 0.1) is 6.54 Å². The van der Waals surface area contributed by atoms with Gasteiger partial charge in [0.25, 0.3) is 0 Å². The van der Waals surface area contributed by atoms with Gasteiger partial charge in [-0.1, -0.05) is 24.1 Å². The summed E-state index contributed by atoms with van der Waals surface area (Å²) >= 11 is 5.80. The molecule has 1 aromatic heterocycles. The average Bonchev–Trinajstić information content (AvgIpc) is 2.32. The van der Waals surface area contributed by atoms with Crippen LogP contribution in [0.2, 0.25) is 5.15 Å². The van der Waals surface area contributed by atoms with Gasteiger partial charge in [-0.05, 0) is 51.2 Å². The van der Waals surface area contributed by atoms with Crippen molar-refractivity contribution in [2.24, 2.45) is 5.92 Å². The second kappa shape index (κ2) is 6.65. The first kappa shape index (κ1) is 16.1. The van der Waals surface area contributed by atoms with E-state index in [4.69, 9.17) is 16.3 Å². The van der Waals surface area contributed by atoms with Gasteiger partial charge in [0.2, 0.25) is 0 Å². The van der Waals surface area contributed by atoms with Crippen molar-refractivity contribution in [2.45, 2.75) is 52.2 Å². The van der Waals surface area contributed by atoms with Crippen LogP contribution in [-0.2, 0) is 11.3 Å². The minimum atomic E-state index is -0.479. The van der Waals surface area contributed by atoms with Gasteiger partial charge in [-0.3, -0.25) is 0 Å². The summed E-state index contributed by atoms with van der Waals surface area (Å²) in [4.78, 5) is 18.2. The molecule has 0 spiro atoms. The lowest BCUT2D eigenvalue weighted by Crippen LogP contribution is -2.40. The largest absolute Gasteiger partial charge is 0.444 e. The monoisotopic (exact) mass is 310 g/mol. The van der Waals surface area contributed by atoms with Crippen LogP contribution in [-0.4, -0.2) is 28.1 Å². The number of aromatic nitrogens is 1. The molecule has 0 atom stereocenters. The van der Waals surface area contributed by atoms with Gasteiger partial charge in [0.15, 0.2) is 0 Å². The van der Waals surface area contributed by atoms with Crippen LogP contribution in [0, 0.1) is 5.92 Å². The summed E-state index contributed by atoms with van der Waals surface area (Å²) in [6.45, 7) is 6.91. The van der Waals surface area contributed by atoms with Gasteiger partial charge < -0.3 is 9.64 Å². The van der Waals surface area contributed by atoms with Gasteiger partial charge >= 0.3 is 6.09 Å². The number of halogens is 1. The number of pyridine rings is 1. The highest BCUT2D eigenvalue weighted by Crippen LogP contribution is 2.28. The topological polar surface area (TPSA) is 42.4 Å². The maximum Gasteiger partial charge on any atom is 0.410 e. The highest BCUT2D eigenvalue weighted by atomic mass is 35.5. The fourth-order valence-corrected chi connectivity index (χ4v) is 2.35. The second-order valence-electron chi connectivity index (χ2n) is 6.65. The molecule has 0 bridgehead atoms. The number of rotatable bonds is 4. The first-order chi connectivity index (χ1) is 9.83. The summed E-state index contributed by atoms with van der Waals surface area (Å²) in [5.74, 6) is 0.595. The lowest BCUT2D eigenvalue weighted by Gasteiger charge is -2.33. The number of amides is 1. The molecule has 1 heterocycles.